The van der Waals surface area contributed by atoms with Crippen LogP contribution in [0.3, 0.4) is 0 Å². The van der Waals surface area contributed by atoms with Gasteiger partial charge in [0.1, 0.15) is 11.3 Å². The summed E-state index contributed by atoms with van der Waals surface area (Å²) in [5, 5.41) is 3.43. The van der Waals surface area contributed by atoms with E-state index in [2.05, 4.69) is 5.10 Å². The predicted octanol–water partition coefficient (Wildman–Crippen LogP) is 2.32. The van der Waals surface area contributed by atoms with Crippen molar-refractivity contribution in [2.45, 2.75) is 13.5 Å². The number of halogens is 1. The molecule has 0 saturated heterocycles. The van der Waals surface area contributed by atoms with Crippen molar-refractivity contribution in [2.24, 2.45) is 0 Å². The molecule has 0 spiro atoms. The van der Waals surface area contributed by atoms with Gasteiger partial charge in [-0.1, -0.05) is 0 Å². The van der Waals surface area contributed by atoms with Gasteiger partial charge in [-0.25, -0.2) is 4.68 Å². The number of methoxy groups -OCH3 is 1. The highest BCUT2D eigenvalue weighted by atomic mass is 35.5. The summed E-state index contributed by atoms with van der Waals surface area (Å²) in [6.45, 7) is 2.13. The number of ether oxygens (including phenoxy) is 1. The van der Waals surface area contributed by atoms with Gasteiger partial charge in [0.05, 0.1) is 12.8 Å². The highest BCUT2D eigenvalue weighted by molar-refractivity contribution is 6.67. The Morgan fingerprint density at radius 3 is 2.50 bits per heavy atom. The van der Waals surface area contributed by atoms with Crippen molar-refractivity contribution >= 4 is 16.8 Å². The van der Waals surface area contributed by atoms with Crippen LogP contribution in [0.1, 0.15) is 17.3 Å². The normalized spacial score (nSPS) is 10.3. The molecule has 20 heavy (non-hydrogen) atoms. The van der Waals surface area contributed by atoms with Gasteiger partial charge in [0.25, 0.3) is 10.8 Å². The van der Waals surface area contributed by atoms with Gasteiger partial charge in [0.2, 0.25) is 0 Å². The fourth-order valence-electron chi connectivity index (χ4n) is 1.80. The van der Waals surface area contributed by atoms with Crippen LogP contribution in [-0.2, 0) is 6.54 Å². The lowest BCUT2D eigenvalue weighted by Crippen LogP contribution is -2.27. The topological polar surface area (TPSA) is 61.2 Å². The van der Waals surface area contributed by atoms with Gasteiger partial charge in [-0.05, 0) is 48.9 Å². The molecular formula is C14H13ClN2O3. The number of carbonyl (C=O) groups is 1. The molecule has 0 unspecified atom stereocenters. The molecule has 0 atom stereocenters. The lowest BCUT2D eigenvalue weighted by atomic mass is 10.1. The van der Waals surface area contributed by atoms with Crippen LogP contribution >= 0.6 is 11.6 Å². The van der Waals surface area contributed by atoms with E-state index >= 15 is 0 Å². The van der Waals surface area contributed by atoms with Gasteiger partial charge in [0, 0.05) is 12.1 Å². The Hall–Kier alpha value is -2.14. The third-order valence-corrected chi connectivity index (χ3v) is 3.08. The second-order valence-corrected chi connectivity index (χ2v) is 4.41. The second kappa shape index (κ2) is 5.88. The van der Waals surface area contributed by atoms with Gasteiger partial charge < -0.3 is 4.74 Å². The summed E-state index contributed by atoms with van der Waals surface area (Å²) < 4.78 is 6.30. The zero-order valence-corrected chi connectivity index (χ0v) is 11.8. The zero-order valence-electron chi connectivity index (χ0n) is 11.1. The molecule has 0 aliphatic rings. The smallest absolute Gasteiger partial charge is 0.278 e. The van der Waals surface area contributed by atoms with Gasteiger partial charge in [-0.2, -0.15) is 5.10 Å². The van der Waals surface area contributed by atoms with E-state index < -0.39 is 10.8 Å². The van der Waals surface area contributed by atoms with E-state index in [1.807, 2.05) is 0 Å². The number of aryl methyl sites for hydroxylation is 1. The summed E-state index contributed by atoms with van der Waals surface area (Å²) >= 11 is 5.44. The molecule has 1 heterocycles. The Morgan fingerprint density at radius 2 is 2.00 bits per heavy atom. The van der Waals surface area contributed by atoms with Crippen molar-refractivity contribution in [3.8, 4) is 17.0 Å². The third-order valence-electron chi connectivity index (χ3n) is 2.87. The van der Waals surface area contributed by atoms with Crippen LogP contribution in [0, 0.1) is 0 Å². The van der Waals surface area contributed by atoms with Crippen molar-refractivity contribution in [3.05, 3.63) is 46.2 Å². The van der Waals surface area contributed by atoms with E-state index in [9.17, 15) is 9.59 Å². The number of aromatic nitrogens is 2. The van der Waals surface area contributed by atoms with Crippen LogP contribution < -0.4 is 10.3 Å². The summed E-state index contributed by atoms with van der Waals surface area (Å²) in [6.07, 6.45) is 0. The van der Waals surface area contributed by atoms with E-state index in [1.54, 1.807) is 38.3 Å². The first-order chi connectivity index (χ1) is 9.56. The number of hydrogen-bond acceptors (Lipinski definition) is 4. The van der Waals surface area contributed by atoms with Crippen molar-refractivity contribution in [1.29, 1.82) is 0 Å². The summed E-state index contributed by atoms with van der Waals surface area (Å²) in [6, 6.07) is 8.56. The number of benzene rings is 1. The van der Waals surface area contributed by atoms with E-state index in [-0.39, 0.29) is 5.56 Å². The molecule has 0 aliphatic heterocycles. The monoisotopic (exact) mass is 292 g/mol. The maximum absolute atomic E-state index is 11.9. The van der Waals surface area contributed by atoms with E-state index in [0.717, 1.165) is 5.56 Å². The van der Waals surface area contributed by atoms with E-state index in [4.69, 9.17) is 16.3 Å². The van der Waals surface area contributed by atoms with Crippen molar-refractivity contribution in [3.63, 3.8) is 0 Å². The van der Waals surface area contributed by atoms with E-state index in [0.29, 0.717) is 18.0 Å². The summed E-state index contributed by atoms with van der Waals surface area (Å²) in [5.41, 5.74) is 0.726. The average molecular weight is 293 g/mol. The lowest BCUT2D eigenvalue weighted by molar-refractivity contribution is 0.107. The molecule has 2 rings (SSSR count). The number of hydrogen-bond donors (Lipinski definition) is 0. The Morgan fingerprint density at radius 1 is 1.35 bits per heavy atom. The van der Waals surface area contributed by atoms with Crippen molar-refractivity contribution < 1.29 is 9.53 Å². The highest BCUT2D eigenvalue weighted by Crippen LogP contribution is 2.20. The van der Waals surface area contributed by atoms with Crippen molar-refractivity contribution in [1.82, 2.24) is 9.78 Å². The van der Waals surface area contributed by atoms with Crippen molar-refractivity contribution in [2.75, 3.05) is 7.11 Å². The minimum atomic E-state index is -0.783. The minimum absolute atomic E-state index is 0.0747. The molecule has 0 fully saturated rings. The van der Waals surface area contributed by atoms with Crippen LogP contribution in [0.25, 0.3) is 11.3 Å². The molecule has 1 aromatic carbocycles. The Kier molecular flexibility index (Phi) is 4.20. The quantitative estimate of drug-likeness (QED) is 0.811. The van der Waals surface area contributed by atoms with E-state index in [1.165, 1.54) is 10.7 Å². The molecule has 0 bridgehead atoms. The Balaban J connectivity index is 2.58. The molecule has 6 heteroatoms. The molecule has 0 aliphatic carbocycles. The molecule has 104 valence electrons. The molecule has 1 aromatic heterocycles. The Labute approximate surface area is 120 Å². The summed E-state index contributed by atoms with van der Waals surface area (Å²) in [7, 11) is 1.58. The first kappa shape index (κ1) is 14.3. The summed E-state index contributed by atoms with van der Waals surface area (Å²) in [5.74, 6) is 0.714. The number of rotatable bonds is 4. The third kappa shape index (κ3) is 2.72. The van der Waals surface area contributed by atoms with Crippen LogP contribution in [-0.4, -0.2) is 22.1 Å². The number of nitrogens with zero attached hydrogens (tertiary/aromatic N) is 2. The first-order valence-corrected chi connectivity index (χ1v) is 6.41. The van der Waals surface area contributed by atoms with Crippen LogP contribution in [0.2, 0.25) is 0 Å². The first-order valence-electron chi connectivity index (χ1n) is 6.03. The summed E-state index contributed by atoms with van der Waals surface area (Å²) in [4.78, 5) is 23.2. The maximum Gasteiger partial charge on any atom is 0.278 e. The lowest BCUT2D eigenvalue weighted by Gasteiger charge is -2.08. The van der Waals surface area contributed by atoms with Gasteiger partial charge in [-0.15, -0.1) is 0 Å². The van der Waals surface area contributed by atoms with Gasteiger partial charge >= 0.3 is 0 Å². The van der Waals surface area contributed by atoms with Crippen LogP contribution in [0.5, 0.6) is 5.75 Å². The maximum atomic E-state index is 11.9. The molecule has 2 aromatic rings. The largest absolute Gasteiger partial charge is 0.497 e. The van der Waals surface area contributed by atoms with Gasteiger partial charge in [-0.3, -0.25) is 9.59 Å². The SMILES string of the molecule is CCn1nc(-c2ccc(OC)cc2)cc(C(=O)Cl)c1=O. The average Bonchev–Trinajstić information content (AvgIpc) is 2.47. The fourth-order valence-corrected chi connectivity index (χ4v) is 1.94. The zero-order chi connectivity index (χ0) is 14.7. The molecule has 0 radical (unpaired) electrons. The Bertz CT molecular complexity index is 693. The fraction of sp³-hybridized carbons (Fsp3) is 0.214. The molecule has 0 amide bonds. The molecule has 0 saturated carbocycles. The molecular weight excluding hydrogens is 280 g/mol. The molecule has 5 nitrogen and oxygen atoms in total. The second-order valence-electron chi connectivity index (χ2n) is 4.07. The number of carbonyl (C=O) groups excluding carboxylic acids is 1. The van der Waals surface area contributed by atoms with Crippen LogP contribution in [0.15, 0.2) is 35.1 Å². The predicted molar refractivity (Wildman–Crippen MR) is 76.3 cm³/mol. The minimum Gasteiger partial charge on any atom is -0.497 e. The standard InChI is InChI=1S/C14H13ClN2O3/c1-3-17-14(19)11(13(15)18)8-12(16-17)9-4-6-10(20-2)7-5-9/h4-8H,3H2,1-2H3. The van der Waals surface area contributed by atoms with Gasteiger partial charge in [0.15, 0.2) is 0 Å². The van der Waals surface area contributed by atoms with Crippen LogP contribution in [0.4, 0.5) is 0 Å². The highest BCUT2D eigenvalue weighted by Gasteiger charge is 2.14. The molecule has 0 N–H and O–H groups in total.